The van der Waals surface area contributed by atoms with Gasteiger partial charge in [-0.2, -0.15) is 0 Å². The molecule has 0 radical (unpaired) electrons. The molecule has 3 heterocycles. The number of aliphatic hydroxyl groups is 3. The number of ketones is 1. The van der Waals surface area contributed by atoms with Crippen LogP contribution in [0.5, 0.6) is 23.0 Å². The number of rotatable bonds is 10. The predicted octanol–water partition coefficient (Wildman–Crippen LogP) is 5.66. The van der Waals surface area contributed by atoms with Crippen molar-refractivity contribution in [3.05, 3.63) is 52.8 Å². The van der Waals surface area contributed by atoms with Crippen LogP contribution in [0.1, 0.15) is 95.6 Å². The number of hydrogen-bond acceptors (Lipinski definition) is 15. The van der Waals surface area contributed by atoms with Crippen molar-refractivity contribution in [2.75, 3.05) is 25.6 Å². The summed E-state index contributed by atoms with van der Waals surface area (Å²) in [6, 6.07) is 0. The van der Waals surface area contributed by atoms with Crippen molar-refractivity contribution in [3.63, 3.8) is 0 Å². The minimum Gasteiger partial charge on any atom is -0.507 e. The van der Waals surface area contributed by atoms with E-state index in [1.165, 1.54) is 53.2 Å². The number of methoxy groups -OCH3 is 1. The molecule has 5 bridgehead atoms. The van der Waals surface area contributed by atoms with Crippen LogP contribution in [0.15, 0.2) is 41.3 Å². The van der Waals surface area contributed by atoms with Crippen molar-refractivity contribution in [3.8, 4) is 23.0 Å². The normalized spacial score (nSPS) is 29.8. The van der Waals surface area contributed by atoms with Gasteiger partial charge >= 0.3 is 11.8 Å². The molecule has 0 fully saturated rings. The highest BCUT2D eigenvalue weighted by Crippen LogP contribution is 2.55. The fourth-order valence-electron chi connectivity index (χ4n) is 7.65. The third-order valence-electron chi connectivity index (χ3n) is 11.4. The molecule has 0 aromatic heterocycles. The smallest absolute Gasteiger partial charge is 0.312 e. The van der Waals surface area contributed by atoms with Crippen molar-refractivity contribution in [2.45, 2.75) is 111 Å². The van der Waals surface area contributed by atoms with Crippen molar-refractivity contribution in [1.29, 1.82) is 0 Å². The third kappa shape index (κ3) is 10.1. The number of unbranched alkanes of at least 4 members (excludes halogenated alkanes) is 3. The fourth-order valence-corrected chi connectivity index (χ4v) is 7.65. The molecule has 0 saturated carbocycles. The van der Waals surface area contributed by atoms with Crippen LogP contribution in [0.4, 0.5) is 5.69 Å². The van der Waals surface area contributed by atoms with Crippen LogP contribution >= 0.6 is 0 Å². The van der Waals surface area contributed by atoms with Gasteiger partial charge in [0.2, 0.25) is 0 Å². The summed E-state index contributed by atoms with van der Waals surface area (Å²) in [4.78, 5) is 45.8. The number of phenolic OH excluding ortho intramolecular Hbond substituents is 3. The summed E-state index contributed by atoms with van der Waals surface area (Å²) in [5.74, 6) is -8.74. The van der Waals surface area contributed by atoms with Crippen molar-refractivity contribution >= 4 is 40.3 Å². The average molecular weight is 841 g/mol. The zero-order valence-electron chi connectivity index (χ0n) is 35.7. The number of nitrogens with one attached hydrogen (secondary N) is 1. The molecule has 0 aliphatic carbocycles. The van der Waals surface area contributed by atoms with Crippen LogP contribution in [0.2, 0.25) is 0 Å². The summed E-state index contributed by atoms with van der Waals surface area (Å²) in [5, 5.41) is 73.1. The number of aliphatic hydroxyl groups excluding tert-OH is 3. The molecule has 1 amide bonds. The van der Waals surface area contributed by atoms with E-state index >= 15 is 0 Å². The first-order chi connectivity index (χ1) is 28.3. The van der Waals surface area contributed by atoms with E-state index in [9.17, 15) is 39.9 Å². The Labute approximate surface area is 350 Å². The number of carbonyl (C=O) groups excluding carboxylic acids is 3. The number of aromatic hydroxyl groups is 3. The zero-order chi connectivity index (χ0) is 44.6. The number of benzene rings is 2. The molecule has 5 rings (SSSR count). The van der Waals surface area contributed by atoms with E-state index in [1.54, 1.807) is 39.8 Å². The van der Waals surface area contributed by atoms with E-state index in [0.29, 0.717) is 12.8 Å². The Morgan fingerprint density at radius 1 is 0.933 bits per heavy atom. The Kier molecular flexibility index (Phi) is 16.2. The van der Waals surface area contributed by atoms with Gasteiger partial charge in [0.15, 0.2) is 5.75 Å². The third-order valence-corrected chi connectivity index (χ3v) is 11.4. The molecule has 60 heavy (non-hydrogen) atoms. The summed E-state index contributed by atoms with van der Waals surface area (Å²) in [6.45, 7) is 12.6. The van der Waals surface area contributed by atoms with Gasteiger partial charge in [0.05, 0.1) is 53.0 Å². The second kappa shape index (κ2) is 20.4. The number of carbonyl (C=O) groups is 3. The number of nitrogens with zero attached hydrogens (tertiary/aromatic N) is 1. The summed E-state index contributed by atoms with van der Waals surface area (Å²) < 4.78 is 23.5. The number of Topliss-reactive ketones (excluding diaryl/α,β-unsaturated/α-hetero) is 1. The molecule has 0 spiro atoms. The number of oxime groups is 1. The molecule has 3 aliphatic rings. The SMILES string of the molecule is COC1/C=C/OC2(C)Oc3c(C)c(O)c4c(O)c(c(/C=N/OCCCCCCO)c(O)c4c3C2=O)NC(=O)/C(C)=C\C=C\C(C)C(O)C(C)C(O)C(C)C(OC(C)=O)C1C. The van der Waals surface area contributed by atoms with Crippen LogP contribution in [0.3, 0.4) is 0 Å². The van der Waals surface area contributed by atoms with Crippen molar-refractivity contribution < 1.29 is 68.8 Å². The Morgan fingerprint density at radius 2 is 1.62 bits per heavy atom. The lowest BCUT2D eigenvalue weighted by Gasteiger charge is -2.38. The molecule has 3 aliphatic heterocycles. The molecule has 16 nitrogen and oxygen atoms in total. The van der Waals surface area contributed by atoms with Gasteiger partial charge in [-0.25, -0.2) is 0 Å². The van der Waals surface area contributed by atoms with Crippen LogP contribution in [0.25, 0.3) is 10.8 Å². The maximum absolute atomic E-state index is 14.4. The molecule has 9 atom stereocenters. The number of allylic oxidation sites excluding steroid dienone is 2. The monoisotopic (exact) mass is 840 g/mol. The molecule has 2 aromatic carbocycles. The molecular weight excluding hydrogens is 780 g/mol. The number of hydrogen-bond donors (Lipinski definition) is 7. The van der Waals surface area contributed by atoms with E-state index in [2.05, 4.69) is 10.5 Å². The molecule has 7 N–H and O–H groups in total. The van der Waals surface area contributed by atoms with Crippen molar-refractivity contribution in [1.82, 2.24) is 0 Å². The lowest BCUT2D eigenvalue weighted by molar-refractivity contribution is -0.160. The summed E-state index contributed by atoms with van der Waals surface area (Å²) in [6.07, 6.45) is 7.26. The molecule has 16 heteroatoms. The van der Waals surface area contributed by atoms with Gasteiger partial charge in [-0.05, 0) is 39.2 Å². The van der Waals surface area contributed by atoms with Crippen molar-refractivity contribution in [2.24, 2.45) is 28.8 Å². The largest absolute Gasteiger partial charge is 0.507 e. The molecular formula is C44H60N2O14. The second-order valence-corrected chi connectivity index (χ2v) is 15.8. The quantitative estimate of drug-likeness (QED) is 0.0382. The first kappa shape index (κ1) is 47.5. The average Bonchev–Trinajstić information content (AvgIpc) is 3.47. The Morgan fingerprint density at radius 3 is 2.27 bits per heavy atom. The Bertz CT molecular complexity index is 2030. The maximum atomic E-state index is 14.4. The molecule has 9 unspecified atom stereocenters. The van der Waals surface area contributed by atoms with Gasteiger partial charge in [-0.15, -0.1) is 0 Å². The lowest BCUT2D eigenvalue weighted by atomic mass is 9.78. The zero-order valence-corrected chi connectivity index (χ0v) is 35.7. The standard InChI is InChI=1S/C44H60N2O14/c1-22-15-14-16-23(2)43(55)46-34-29(21-45-58-19-13-11-10-12-18-47)38(52)31-32(39(34)53)37(51)27(6)41-33(31)42(54)44(8,60-41)57-20-17-30(56-9)24(3)40(59-28(7)48)26(5)36(50)25(4)35(22)49/h14-17,20-22,24-26,30,35-36,40,47,49-53H,10-13,18-19H2,1-9H3,(H,46,55)/b15-14+,20-17+,23-16-,45-21+. The fraction of sp³-hybridized carbons (Fsp3) is 0.545. The second-order valence-electron chi connectivity index (χ2n) is 15.8. The van der Waals surface area contributed by atoms with Gasteiger partial charge in [0.25, 0.3) is 11.7 Å². The highest BCUT2D eigenvalue weighted by molar-refractivity contribution is 6.23. The van der Waals surface area contributed by atoms with Gasteiger partial charge in [-0.1, -0.05) is 57.5 Å². The summed E-state index contributed by atoms with van der Waals surface area (Å²) in [5.41, 5.74) is -0.664. The predicted molar refractivity (Wildman–Crippen MR) is 223 cm³/mol. The van der Waals surface area contributed by atoms with Crippen LogP contribution in [-0.2, 0) is 28.6 Å². The van der Waals surface area contributed by atoms with Crippen LogP contribution in [0, 0.1) is 30.6 Å². The highest BCUT2D eigenvalue weighted by atomic mass is 16.7. The number of amides is 1. The summed E-state index contributed by atoms with van der Waals surface area (Å²) >= 11 is 0. The topological polar surface area (TPSA) is 243 Å². The van der Waals surface area contributed by atoms with E-state index in [-0.39, 0.29) is 57.7 Å². The van der Waals surface area contributed by atoms with Gasteiger partial charge in [0.1, 0.15) is 30.0 Å². The van der Waals surface area contributed by atoms with Crippen LogP contribution in [-0.4, -0.2) is 105 Å². The highest BCUT2D eigenvalue weighted by Gasteiger charge is 2.50. The number of anilines is 1. The lowest BCUT2D eigenvalue weighted by Crippen LogP contribution is -2.46. The number of fused-ring (bicyclic) bond motifs is 14. The van der Waals surface area contributed by atoms with E-state index < -0.39 is 88.8 Å². The maximum Gasteiger partial charge on any atom is 0.312 e. The minimum absolute atomic E-state index is 0.0255. The number of esters is 1. The summed E-state index contributed by atoms with van der Waals surface area (Å²) in [7, 11) is 1.42. The van der Waals surface area contributed by atoms with E-state index in [1.807, 2.05) is 0 Å². The molecule has 2 aromatic rings. The Hall–Kier alpha value is -5.16. The number of phenols is 3. The van der Waals surface area contributed by atoms with Gasteiger partial charge in [0, 0.05) is 67.8 Å². The van der Waals surface area contributed by atoms with E-state index in [0.717, 1.165) is 19.1 Å². The minimum atomic E-state index is -2.07. The Balaban J connectivity index is 1.92. The first-order valence-corrected chi connectivity index (χ1v) is 20.2. The van der Waals surface area contributed by atoms with E-state index in [4.69, 9.17) is 28.9 Å². The molecule has 0 saturated heterocycles. The van der Waals surface area contributed by atoms with Crippen LogP contribution < -0.4 is 10.1 Å². The van der Waals surface area contributed by atoms with Gasteiger partial charge in [-0.3, -0.25) is 14.4 Å². The van der Waals surface area contributed by atoms with Gasteiger partial charge < -0.3 is 59.7 Å². The molecule has 330 valence electrons. The first-order valence-electron chi connectivity index (χ1n) is 20.2. The number of ether oxygens (including phenoxy) is 4.